The predicted octanol–water partition coefficient (Wildman–Crippen LogP) is 1.46. The van der Waals surface area contributed by atoms with Gasteiger partial charge in [-0.1, -0.05) is 13.0 Å². The predicted molar refractivity (Wildman–Crippen MR) is 75.7 cm³/mol. The molecule has 1 saturated heterocycles. The minimum absolute atomic E-state index is 0.564. The summed E-state index contributed by atoms with van der Waals surface area (Å²) >= 11 is 0. The largest absolute Gasteiger partial charge is 0.354 e. The van der Waals surface area contributed by atoms with Gasteiger partial charge in [0.15, 0.2) is 0 Å². The minimum atomic E-state index is 0.564. The third-order valence-corrected chi connectivity index (χ3v) is 3.92. The van der Waals surface area contributed by atoms with Crippen LogP contribution in [0, 0.1) is 0 Å². The second-order valence-electron chi connectivity index (χ2n) is 4.97. The molecule has 0 aliphatic carbocycles. The van der Waals surface area contributed by atoms with Crippen molar-refractivity contribution in [2.75, 3.05) is 31.1 Å². The van der Waals surface area contributed by atoms with Gasteiger partial charge in [-0.05, 0) is 19.4 Å². The van der Waals surface area contributed by atoms with Crippen LogP contribution in [0.3, 0.4) is 0 Å². The van der Waals surface area contributed by atoms with Crippen LogP contribution in [0.2, 0.25) is 0 Å². The highest BCUT2D eigenvalue weighted by molar-refractivity contribution is 5.47. The topological polar surface area (TPSA) is 45.4 Å². The van der Waals surface area contributed by atoms with Gasteiger partial charge in [-0.2, -0.15) is 0 Å². The minimum Gasteiger partial charge on any atom is -0.354 e. The van der Waals surface area contributed by atoms with E-state index in [9.17, 15) is 0 Å². The van der Waals surface area contributed by atoms with E-state index in [2.05, 4.69) is 34.7 Å². The van der Waals surface area contributed by atoms with E-state index in [1.54, 1.807) is 0 Å². The molecule has 2 heterocycles. The van der Waals surface area contributed by atoms with Gasteiger partial charge in [0, 0.05) is 50.5 Å². The van der Waals surface area contributed by atoms with Crippen molar-refractivity contribution in [1.82, 2.24) is 9.88 Å². The summed E-state index contributed by atoms with van der Waals surface area (Å²) in [5.41, 5.74) is 6.92. The van der Waals surface area contributed by atoms with Gasteiger partial charge >= 0.3 is 0 Å². The molecule has 1 atom stereocenters. The SMILES string of the molecule is CCC(C)N1CCN(c2ncccc2CN)CC1. The summed E-state index contributed by atoms with van der Waals surface area (Å²) in [6, 6.07) is 4.72. The molecule has 0 aromatic carbocycles. The Kier molecular flexibility index (Phi) is 4.55. The van der Waals surface area contributed by atoms with Crippen molar-refractivity contribution < 1.29 is 0 Å². The number of aromatic nitrogens is 1. The van der Waals surface area contributed by atoms with Gasteiger partial charge in [-0.3, -0.25) is 4.90 Å². The van der Waals surface area contributed by atoms with Gasteiger partial charge in [-0.25, -0.2) is 4.98 Å². The van der Waals surface area contributed by atoms with Crippen LogP contribution in [0.15, 0.2) is 18.3 Å². The van der Waals surface area contributed by atoms with Crippen molar-refractivity contribution in [3.8, 4) is 0 Å². The van der Waals surface area contributed by atoms with Crippen molar-refractivity contribution in [3.63, 3.8) is 0 Å². The van der Waals surface area contributed by atoms with E-state index in [1.165, 1.54) is 6.42 Å². The molecule has 0 saturated carbocycles. The molecule has 1 fully saturated rings. The quantitative estimate of drug-likeness (QED) is 0.876. The molecule has 2 N–H and O–H groups in total. The Morgan fingerprint density at radius 3 is 2.67 bits per heavy atom. The van der Waals surface area contributed by atoms with Crippen LogP contribution in [0.25, 0.3) is 0 Å². The first-order valence-corrected chi connectivity index (χ1v) is 6.89. The summed E-state index contributed by atoms with van der Waals surface area (Å²) in [6.45, 7) is 9.46. The van der Waals surface area contributed by atoms with E-state index in [0.29, 0.717) is 12.6 Å². The Hall–Kier alpha value is -1.13. The first-order valence-electron chi connectivity index (χ1n) is 6.89. The highest BCUT2D eigenvalue weighted by Gasteiger charge is 2.21. The molecular formula is C14H24N4. The molecule has 18 heavy (non-hydrogen) atoms. The fraction of sp³-hybridized carbons (Fsp3) is 0.643. The second kappa shape index (κ2) is 6.16. The van der Waals surface area contributed by atoms with Crippen LogP contribution >= 0.6 is 0 Å². The Labute approximate surface area is 110 Å². The molecule has 100 valence electrons. The van der Waals surface area contributed by atoms with Crippen LogP contribution in [0.4, 0.5) is 5.82 Å². The van der Waals surface area contributed by atoms with Crippen molar-refractivity contribution in [2.24, 2.45) is 5.73 Å². The fourth-order valence-electron chi connectivity index (χ4n) is 2.51. The van der Waals surface area contributed by atoms with Gasteiger partial charge in [0.05, 0.1) is 0 Å². The van der Waals surface area contributed by atoms with Crippen molar-refractivity contribution >= 4 is 5.82 Å². The number of piperazine rings is 1. The summed E-state index contributed by atoms with van der Waals surface area (Å²) in [5.74, 6) is 1.07. The average Bonchev–Trinajstić information content (AvgIpc) is 2.46. The smallest absolute Gasteiger partial charge is 0.133 e. The van der Waals surface area contributed by atoms with Crippen LogP contribution < -0.4 is 10.6 Å². The second-order valence-corrected chi connectivity index (χ2v) is 4.97. The first kappa shape index (κ1) is 13.3. The van der Waals surface area contributed by atoms with Crippen LogP contribution in [-0.4, -0.2) is 42.1 Å². The maximum atomic E-state index is 5.78. The normalized spacial score (nSPS) is 18.9. The standard InChI is InChI=1S/C14H24N4/c1-3-12(2)17-7-9-18(10-8-17)14-13(11-15)5-4-6-16-14/h4-6,12H,3,7-11,15H2,1-2H3. The number of pyridine rings is 1. The Morgan fingerprint density at radius 2 is 2.06 bits per heavy atom. The maximum absolute atomic E-state index is 5.78. The summed E-state index contributed by atoms with van der Waals surface area (Å²) < 4.78 is 0. The summed E-state index contributed by atoms with van der Waals surface area (Å²) in [7, 11) is 0. The molecule has 2 rings (SSSR count). The van der Waals surface area contributed by atoms with Gasteiger partial charge in [0.2, 0.25) is 0 Å². The van der Waals surface area contributed by atoms with Crippen LogP contribution in [0.5, 0.6) is 0 Å². The van der Waals surface area contributed by atoms with Gasteiger partial charge in [0.25, 0.3) is 0 Å². The summed E-state index contributed by atoms with van der Waals surface area (Å²) in [4.78, 5) is 9.41. The zero-order valence-corrected chi connectivity index (χ0v) is 11.5. The summed E-state index contributed by atoms with van der Waals surface area (Å²) in [6.07, 6.45) is 3.08. The Balaban J connectivity index is 2.01. The van der Waals surface area contributed by atoms with Gasteiger partial charge < -0.3 is 10.6 Å². The van der Waals surface area contributed by atoms with Crippen LogP contribution in [-0.2, 0) is 6.54 Å². The van der Waals surface area contributed by atoms with Gasteiger partial charge in [-0.15, -0.1) is 0 Å². The molecule has 1 unspecified atom stereocenters. The van der Waals surface area contributed by atoms with Crippen LogP contribution in [0.1, 0.15) is 25.8 Å². The van der Waals surface area contributed by atoms with E-state index < -0.39 is 0 Å². The molecule has 0 spiro atoms. The lowest BCUT2D eigenvalue weighted by molar-refractivity contribution is 0.192. The Morgan fingerprint density at radius 1 is 1.33 bits per heavy atom. The molecule has 1 aliphatic heterocycles. The molecule has 0 radical (unpaired) electrons. The molecule has 1 aromatic heterocycles. The van der Waals surface area contributed by atoms with E-state index in [0.717, 1.165) is 37.6 Å². The van der Waals surface area contributed by atoms with E-state index in [-0.39, 0.29) is 0 Å². The lowest BCUT2D eigenvalue weighted by Crippen LogP contribution is -2.50. The molecular weight excluding hydrogens is 224 g/mol. The average molecular weight is 248 g/mol. The number of rotatable bonds is 4. The fourth-order valence-corrected chi connectivity index (χ4v) is 2.51. The Bertz CT molecular complexity index is 372. The number of nitrogens with zero attached hydrogens (tertiary/aromatic N) is 3. The highest BCUT2D eigenvalue weighted by Crippen LogP contribution is 2.19. The third-order valence-electron chi connectivity index (χ3n) is 3.92. The number of hydrogen-bond acceptors (Lipinski definition) is 4. The van der Waals surface area contributed by atoms with E-state index >= 15 is 0 Å². The molecule has 4 nitrogen and oxygen atoms in total. The molecule has 1 aliphatic rings. The lowest BCUT2D eigenvalue weighted by atomic mass is 10.1. The van der Waals surface area contributed by atoms with Crippen molar-refractivity contribution in [1.29, 1.82) is 0 Å². The monoisotopic (exact) mass is 248 g/mol. The van der Waals surface area contributed by atoms with E-state index in [4.69, 9.17) is 5.73 Å². The lowest BCUT2D eigenvalue weighted by Gasteiger charge is -2.38. The first-order chi connectivity index (χ1) is 8.76. The van der Waals surface area contributed by atoms with Gasteiger partial charge in [0.1, 0.15) is 5.82 Å². The molecule has 0 bridgehead atoms. The molecule has 1 aromatic rings. The summed E-state index contributed by atoms with van der Waals surface area (Å²) in [5, 5.41) is 0. The zero-order chi connectivity index (χ0) is 13.0. The highest BCUT2D eigenvalue weighted by atomic mass is 15.3. The van der Waals surface area contributed by atoms with Crippen molar-refractivity contribution in [3.05, 3.63) is 23.9 Å². The number of nitrogens with two attached hydrogens (primary N) is 1. The zero-order valence-electron chi connectivity index (χ0n) is 11.5. The molecule has 0 amide bonds. The maximum Gasteiger partial charge on any atom is 0.133 e. The number of anilines is 1. The van der Waals surface area contributed by atoms with Crippen molar-refractivity contribution in [2.45, 2.75) is 32.9 Å². The molecule has 4 heteroatoms. The number of hydrogen-bond donors (Lipinski definition) is 1. The third kappa shape index (κ3) is 2.82. The van der Waals surface area contributed by atoms with E-state index in [1.807, 2.05) is 12.3 Å².